The zero-order valence-corrected chi connectivity index (χ0v) is 11.4. The average Bonchev–Trinajstić information content (AvgIpc) is 2.42. The van der Waals surface area contributed by atoms with Crippen LogP contribution in [-0.2, 0) is 4.74 Å². The van der Waals surface area contributed by atoms with Crippen LogP contribution in [-0.4, -0.2) is 62.7 Å². The lowest BCUT2D eigenvalue weighted by Gasteiger charge is -2.35. The van der Waals surface area contributed by atoms with Gasteiger partial charge in [-0.1, -0.05) is 11.8 Å². The van der Waals surface area contributed by atoms with Gasteiger partial charge in [0.1, 0.15) is 24.0 Å². The molecule has 112 valence electrons. The molecule has 10 heteroatoms. The monoisotopic (exact) mass is 304 g/mol. The number of nitrogens with zero attached hydrogens (tertiary/aromatic N) is 1. The normalized spacial score (nSPS) is 30.2. The molecule has 1 aliphatic heterocycles. The largest absolute Gasteiger partial charge is 0.388 e. The van der Waals surface area contributed by atoms with Crippen molar-refractivity contribution in [3.05, 3.63) is 10.4 Å². The Hall–Kier alpha value is -1.33. The Morgan fingerprint density at radius 1 is 1.45 bits per heavy atom. The number of aromatic nitrogens is 2. The zero-order chi connectivity index (χ0) is 14.9. The minimum atomic E-state index is -1.40. The Balaban J connectivity index is 2.20. The molecule has 2 heterocycles. The third-order valence-electron chi connectivity index (χ3n) is 2.91. The van der Waals surface area contributed by atoms with E-state index in [4.69, 9.17) is 10.5 Å². The lowest BCUT2D eigenvalue weighted by molar-refractivity contribution is -0.178. The SMILES string of the molecule is CSc1nc(N)c(N[C@@H]2OC[C@@H](O)[C@@H](O)[C@@H]2O)c(=O)[nH]1. The van der Waals surface area contributed by atoms with Gasteiger partial charge in [0, 0.05) is 0 Å². The maximum absolute atomic E-state index is 11.8. The lowest BCUT2D eigenvalue weighted by atomic mass is 10.0. The molecule has 0 radical (unpaired) electrons. The minimum absolute atomic E-state index is 0.0467. The maximum atomic E-state index is 11.8. The van der Waals surface area contributed by atoms with Crippen molar-refractivity contribution in [2.24, 2.45) is 0 Å². The number of aliphatic hydroxyl groups excluding tert-OH is 3. The van der Waals surface area contributed by atoms with Crippen molar-refractivity contribution in [3.63, 3.8) is 0 Å². The fraction of sp³-hybridized carbons (Fsp3) is 0.600. The van der Waals surface area contributed by atoms with Gasteiger partial charge in [-0.3, -0.25) is 9.78 Å². The summed E-state index contributed by atoms with van der Waals surface area (Å²) in [4.78, 5) is 18.3. The molecule has 0 saturated carbocycles. The summed E-state index contributed by atoms with van der Waals surface area (Å²) in [6, 6.07) is 0. The van der Waals surface area contributed by atoms with E-state index in [1.807, 2.05) is 0 Å². The molecule has 4 atom stereocenters. The van der Waals surface area contributed by atoms with E-state index < -0.39 is 30.1 Å². The van der Waals surface area contributed by atoms with E-state index in [1.54, 1.807) is 6.26 Å². The van der Waals surface area contributed by atoms with Gasteiger partial charge in [-0.05, 0) is 6.26 Å². The second-order valence-corrected chi connectivity index (χ2v) is 5.08. The summed E-state index contributed by atoms with van der Waals surface area (Å²) in [6.07, 6.45) is -3.30. The van der Waals surface area contributed by atoms with E-state index in [0.29, 0.717) is 5.16 Å². The fourth-order valence-corrected chi connectivity index (χ4v) is 2.17. The van der Waals surface area contributed by atoms with Crippen molar-refractivity contribution in [1.29, 1.82) is 0 Å². The number of rotatable bonds is 3. The van der Waals surface area contributed by atoms with E-state index in [9.17, 15) is 20.1 Å². The molecule has 1 saturated heterocycles. The molecule has 1 aromatic rings. The molecule has 1 aliphatic rings. The molecule has 0 aromatic carbocycles. The number of ether oxygens (including phenoxy) is 1. The Kier molecular flexibility index (Phi) is 4.50. The first-order chi connectivity index (χ1) is 9.43. The first-order valence-corrected chi connectivity index (χ1v) is 7.02. The highest BCUT2D eigenvalue weighted by molar-refractivity contribution is 7.98. The van der Waals surface area contributed by atoms with Crippen LogP contribution in [0.15, 0.2) is 9.95 Å². The number of hydrogen-bond donors (Lipinski definition) is 6. The van der Waals surface area contributed by atoms with Crippen molar-refractivity contribution in [2.75, 3.05) is 23.9 Å². The van der Waals surface area contributed by atoms with Crippen LogP contribution >= 0.6 is 11.8 Å². The summed E-state index contributed by atoms with van der Waals surface area (Å²) < 4.78 is 5.13. The summed E-state index contributed by atoms with van der Waals surface area (Å²) in [5, 5.41) is 31.6. The van der Waals surface area contributed by atoms with Gasteiger partial charge in [0.05, 0.1) is 6.61 Å². The van der Waals surface area contributed by atoms with Gasteiger partial charge >= 0.3 is 0 Å². The molecule has 1 fully saturated rings. The predicted octanol–water partition coefficient (Wildman–Crippen LogP) is -2.08. The summed E-state index contributed by atoms with van der Waals surface area (Å²) in [5.41, 5.74) is 5.09. The quantitative estimate of drug-likeness (QED) is 0.273. The van der Waals surface area contributed by atoms with E-state index in [1.165, 1.54) is 11.8 Å². The van der Waals surface area contributed by atoms with Crippen molar-refractivity contribution >= 4 is 23.3 Å². The molecule has 0 aliphatic carbocycles. The summed E-state index contributed by atoms with van der Waals surface area (Å²) in [7, 11) is 0. The highest BCUT2D eigenvalue weighted by atomic mass is 32.2. The van der Waals surface area contributed by atoms with E-state index >= 15 is 0 Å². The molecular formula is C10H16N4O5S. The molecular weight excluding hydrogens is 288 g/mol. The molecule has 2 rings (SSSR count). The van der Waals surface area contributed by atoms with Gasteiger partial charge in [-0.2, -0.15) is 0 Å². The number of aliphatic hydroxyl groups is 3. The molecule has 7 N–H and O–H groups in total. The second-order valence-electron chi connectivity index (χ2n) is 4.28. The van der Waals surface area contributed by atoms with Gasteiger partial charge in [0.25, 0.3) is 5.56 Å². The van der Waals surface area contributed by atoms with Crippen LogP contribution in [0.4, 0.5) is 11.5 Å². The smallest absolute Gasteiger partial charge is 0.277 e. The fourth-order valence-electron chi connectivity index (χ4n) is 1.78. The van der Waals surface area contributed by atoms with Crippen LogP contribution in [0.3, 0.4) is 0 Å². The number of nitrogens with one attached hydrogen (secondary N) is 2. The predicted molar refractivity (Wildman–Crippen MR) is 72.4 cm³/mol. The van der Waals surface area contributed by atoms with Crippen LogP contribution in [0.2, 0.25) is 0 Å². The minimum Gasteiger partial charge on any atom is -0.388 e. The first kappa shape index (κ1) is 15.1. The van der Waals surface area contributed by atoms with Crippen LogP contribution in [0, 0.1) is 0 Å². The summed E-state index contributed by atoms with van der Waals surface area (Å²) in [6.45, 7) is -0.177. The molecule has 0 amide bonds. The summed E-state index contributed by atoms with van der Waals surface area (Å²) in [5.74, 6) is -0.0467. The van der Waals surface area contributed by atoms with Crippen molar-refractivity contribution in [2.45, 2.75) is 29.7 Å². The van der Waals surface area contributed by atoms with Gasteiger partial charge in [-0.15, -0.1) is 0 Å². The molecule has 0 unspecified atom stereocenters. The van der Waals surface area contributed by atoms with Crippen LogP contribution in [0.25, 0.3) is 0 Å². The van der Waals surface area contributed by atoms with Gasteiger partial charge in [0.2, 0.25) is 0 Å². The number of nitrogen functional groups attached to an aromatic ring is 1. The van der Waals surface area contributed by atoms with Crippen LogP contribution in [0.5, 0.6) is 0 Å². The maximum Gasteiger partial charge on any atom is 0.277 e. The molecule has 20 heavy (non-hydrogen) atoms. The molecule has 1 aromatic heterocycles. The van der Waals surface area contributed by atoms with E-state index in [2.05, 4.69) is 15.3 Å². The number of aromatic amines is 1. The highest BCUT2D eigenvalue weighted by Crippen LogP contribution is 2.20. The topological polar surface area (TPSA) is 154 Å². The third kappa shape index (κ3) is 2.88. The van der Waals surface area contributed by atoms with E-state index in [-0.39, 0.29) is 18.1 Å². The van der Waals surface area contributed by atoms with Crippen molar-refractivity contribution in [3.8, 4) is 0 Å². The van der Waals surface area contributed by atoms with Crippen molar-refractivity contribution < 1.29 is 20.1 Å². The third-order valence-corrected chi connectivity index (χ3v) is 3.49. The molecule has 0 bridgehead atoms. The Bertz CT molecular complexity index is 539. The van der Waals surface area contributed by atoms with Crippen molar-refractivity contribution in [1.82, 2.24) is 9.97 Å². The number of anilines is 2. The van der Waals surface area contributed by atoms with Gasteiger partial charge in [0.15, 0.2) is 17.2 Å². The number of nitrogens with two attached hydrogens (primary N) is 1. The number of hydrogen-bond acceptors (Lipinski definition) is 9. The zero-order valence-electron chi connectivity index (χ0n) is 10.6. The lowest BCUT2D eigenvalue weighted by Crippen LogP contribution is -2.55. The second kappa shape index (κ2) is 5.97. The Labute approximate surface area is 118 Å². The Morgan fingerprint density at radius 3 is 2.75 bits per heavy atom. The summed E-state index contributed by atoms with van der Waals surface area (Å²) >= 11 is 1.22. The number of H-pyrrole nitrogens is 1. The van der Waals surface area contributed by atoms with Gasteiger partial charge in [-0.25, -0.2) is 4.98 Å². The van der Waals surface area contributed by atoms with Crippen LogP contribution in [0.1, 0.15) is 0 Å². The van der Waals surface area contributed by atoms with Crippen LogP contribution < -0.4 is 16.6 Å². The molecule has 9 nitrogen and oxygen atoms in total. The molecule has 0 spiro atoms. The standard InChI is InChI=1S/C10H16N4O5S/c1-20-10-13-7(11)4(8(18)14-10)12-9-6(17)5(16)3(15)2-19-9/h3,5-6,9,12,15-17H,2H2,1H3,(H3,11,13,14,18)/t3-,5-,6+,9-/m1/s1. The van der Waals surface area contributed by atoms with Gasteiger partial charge < -0.3 is 31.1 Å². The Morgan fingerprint density at radius 2 is 2.15 bits per heavy atom. The average molecular weight is 304 g/mol. The first-order valence-electron chi connectivity index (χ1n) is 5.80. The number of thioether (sulfide) groups is 1. The highest BCUT2D eigenvalue weighted by Gasteiger charge is 2.38. The van der Waals surface area contributed by atoms with E-state index in [0.717, 1.165) is 0 Å².